The molecule has 2 aromatic carbocycles. The quantitative estimate of drug-likeness (QED) is 0.563. The fraction of sp³-hybridized carbons (Fsp3) is 0.111. The lowest BCUT2D eigenvalue weighted by atomic mass is 10.2. The largest absolute Gasteiger partial charge is 0.296 e. The number of benzene rings is 2. The fourth-order valence-electron chi connectivity index (χ4n) is 2.34. The van der Waals surface area contributed by atoms with Gasteiger partial charge in [-0.05, 0) is 37.1 Å². The highest BCUT2D eigenvalue weighted by atomic mass is 35.5. The second-order valence-corrected chi connectivity index (χ2v) is 5.62. The first-order chi connectivity index (χ1) is 11.2. The number of aryl methyl sites for hydroxylation is 2. The van der Waals surface area contributed by atoms with E-state index in [-0.39, 0.29) is 0 Å². The van der Waals surface area contributed by atoms with Gasteiger partial charge >= 0.3 is 0 Å². The van der Waals surface area contributed by atoms with E-state index in [0.717, 1.165) is 28.2 Å². The topological polar surface area (TPSA) is 42.2 Å². The Morgan fingerprint density at radius 1 is 1.04 bits per heavy atom. The summed E-state index contributed by atoms with van der Waals surface area (Å²) in [7, 11) is 0. The lowest BCUT2D eigenvalue weighted by Gasteiger charge is -2.09. The molecular formula is C18H17ClN4. The van der Waals surface area contributed by atoms with E-state index in [1.165, 1.54) is 0 Å². The second-order valence-electron chi connectivity index (χ2n) is 5.26. The number of anilines is 1. The molecule has 0 fully saturated rings. The van der Waals surface area contributed by atoms with Crippen LogP contribution in [0.3, 0.4) is 0 Å². The van der Waals surface area contributed by atoms with E-state index in [1.807, 2.05) is 54.0 Å². The van der Waals surface area contributed by atoms with Crippen molar-refractivity contribution in [3.63, 3.8) is 0 Å². The van der Waals surface area contributed by atoms with Crippen LogP contribution >= 0.6 is 11.6 Å². The molecule has 1 aromatic heterocycles. The number of para-hydroxylation sites is 2. The van der Waals surface area contributed by atoms with Gasteiger partial charge in [0.15, 0.2) is 5.15 Å². The number of hydrogen-bond acceptors (Lipinski definition) is 3. The van der Waals surface area contributed by atoms with Crippen LogP contribution in [0.5, 0.6) is 0 Å². The Kier molecular flexibility index (Phi) is 4.44. The van der Waals surface area contributed by atoms with Gasteiger partial charge in [-0.2, -0.15) is 5.10 Å². The Bertz CT molecular complexity index is 852. The van der Waals surface area contributed by atoms with Gasteiger partial charge in [0.25, 0.3) is 0 Å². The lowest BCUT2D eigenvalue weighted by Crippen LogP contribution is -2.02. The van der Waals surface area contributed by atoms with Gasteiger partial charge in [-0.1, -0.05) is 48.0 Å². The van der Waals surface area contributed by atoms with E-state index in [0.29, 0.717) is 5.15 Å². The third kappa shape index (κ3) is 3.27. The molecule has 0 atom stereocenters. The number of hydrazone groups is 1. The Morgan fingerprint density at radius 3 is 2.48 bits per heavy atom. The van der Waals surface area contributed by atoms with E-state index in [9.17, 15) is 0 Å². The molecule has 0 aliphatic rings. The van der Waals surface area contributed by atoms with E-state index in [2.05, 4.69) is 28.5 Å². The number of imidazole rings is 1. The first-order valence-corrected chi connectivity index (χ1v) is 7.68. The van der Waals surface area contributed by atoms with Gasteiger partial charge < -0.3 is 0 Å². The summed E-state index contributed by atoms with van der Waals surface area (Å²) in [5.41, 5.74) is 8.04. The first-order valence-electron chi connectivity index (χ1n) is 7.30. The van der Waals surface area contributed by atoms with Crippen LogP contribution in [0.15, 0.2) is 60.0 Å². The van der Waals surface area contributed by atoms with Crippen molar-refractivity contribution in [1.82, 2.24) is 9.55 Å². The maximum atomic E-state index is 6.21. The van der Waals surface area contributed by atoms with Crippen molar-refractivity contribution in [2.45, 2.75) is 13.8 Å². The molecule has 0 amide bonds. The summed E-state index contributed by atoms with van der Waals surface area (Å²) < 4.78 is 1.93. The minimum Gasteiger partial charge on any atom is -0.296 e. The van der Waals surface area contributed by atoms with Crippen LogP contribution < -0.4 is 5.43 Å². The normalized spacial score (nSPS) is 11.1. The second kappa shape index (κ2) is 6.67. The maximum absolute atomic E-state index is 6.21. The predicted octanol–water partition coefficient (Wildman–Crippen LogP) is 4.59. The molecule has 0 aliphatic carbocycles. The minimum atomic E-state index is 0.420. The SMILES string of the molecule is Cc1ccccc1N/N=C/c1c(Cl)ncn1-c1ccccc1C. The summed E-state index contributed by atoms with van der Waals surface area (Å²) >= 11 is 6.21. The number of nitrogens with zero attached hydrogens (tertiary/aromatic N) is 3. The molecule has 0 radical (unpaired) electrons. The molecular weight excluding hydrogens is 308 g/mol. The number of hydrogen-bond donors (Lipinski definition) is 1. The molecule has 0 saturated heterocycles. The lowest BCUT2D eigenvalue weighted by molar-refractivity contribution is 1.03. The summed E-state index contributed by atoms with van der Waals surface area (Å²) in [5.74, 6) is 0. The van der Waals surface area contributed by atoms with Gasteiger partial charge in [0, 0.05) is 0 Å². The van der Waals surface area contributed by atoms with Gasteiger partial charge in [-0.15, -0.1) is 0 Å². The molecule has 0 spiro atoms. The van der Waals surface area contributed by atoms with Gasteiger partial charge in [-0.25, -0.2) is 4.98 Å². The Morgan fingerprint density at radius 2 is 1.74 bits per heavy atom. The average molecular weight is 325 g/mol. The van der Waals surface area contributed by atoms with E-state index >= 15 is 0 Å². The monoisotopic (exact) mass is 324 g/mol. The zero-order chi connectivity index (χ0) is 16.2. The van der Waals surface area contributed by atoms with E-state index in [1.54, 1.807) is 12.5 Å². The van der Waals surface area contributed by atoms with Gasteiger partial charge in [0.05, 0.1) is 17.6 Å². The molecule has 0 saturated carbocycles. The summed E-state index contributed by atoms with van der Waals surface area (Å²) in [6, 6.07) is 16.0. The average Bonchev–Trinajstić information content (AvgIpc) is 2.91. The molecule has 0 aliphatic heterocycles. The number of nitrogens with one attached hydrogen (secondary N) is 1. The molecule has 5 heteroatoms. The molecule has 0 unspecified atom stereocenters. The molecule has 23 heavy (non-hydrogen) atoms. The molecule has 116 valence electrons. The van der Waals surface area contributed by atoms with Crippen molar-refractivity contribution in [2.75, 3.05) is 5.43 Å². The highest BCUT2D eigenvalue weighted by Gasteiger charge is 2.10. The molecule has 0 bridgehead atoms. The molecule has 1 N–H and O–H groups in total. The van der Waals surface area contributed by atoms with Crippen molar-refractivity contribution in [3.8, 4) is 5.69 Å². The maximum Gasteiger partial charge on any atom is 0.156 e. The van der Waals surface area contributed by atoms with Gasteiger partial charge in [0.2, 0.25) is 0 Å². The Labute approximate surface area is 140 Å². The third-order valence-electron chi connectivity index (χ3n) is 3.65. The highest BCUT2D eigenvalue weighted by molar-refractivity contribution is 6.31. The van der Waals surface area contributed by atoms with Crippen LogP contribution in [-0.4, -0.2) is 15.8 Å². The van der Waals surface area contributed by atoms with E-state index < -0.39 is 0 Å². The van der Waals surface area contributed by atoms with Crippen molar-refractivity contribution in [1.29, 1.82) is 0 Å². The van der Waals surface area contributed by atoms with Crippen molar-refractivity contribution >= 4 is 23.5 Å². The highest BCUT2D eigenvalue weighted by Crippen LogP contribution is 2.20. The van der Waals surface area contributed by atoms with Crippen LogP contribution in [0.25, 0.3) is 5.69 Å². The Balaban J connectivity index is 1.89. The van der Waals surface area contributed by atoms with Crippen molar-refractivity contribution in [2.24, 2.45) is 5.10 Å². The number of rotatable bonds is 4. The van der Waals surface area contributed by atoms with Crippen LogP contribution in [0.2, 0.25) is 5.15 Å². The van der Waals surface area contributed by atoms with Crippen LogP contribution in [0.1, 0.15) is 16.8 Å². The van der Waals surface area contributed by atoms with Crippen LogP contribution in [0.4, 0.5) is 5.69 Å². The van der Waals surface area contributed by atoms with Crippen LogP contribution in [0, 0.1) is 13.8 Å². The predicted molar refractivity (Wildman–Crippen MR) is 95.7 cm³/mol. The number of aromatic nitrogens is 2. The summed E-state index contributed by atoms with van der Waals surface area (Å²) in [4.78, 5) is 4.19. The zero-order valence-corrected chi connectivity index (χ0v) is 13.7. The molecule has 3 rings (SSSR count). The summed E-state index contributed by atoms with van der Waals surface area (Å²) in [6.07, 6.45) is 3.40. The van der Waals surface area contributed by atoms with Crippen molar-refractivity contribution in [3.05, 3.63) is 76.8 Å². The molecule has 3 aromatic rings. The van der Waals surface area contributed by atoms with Gasteiger partial charge in [0.1, 0.15) is 12.0 Å². The third-order valence-corrected chi connectivity index (χ3v) is 3.94. The zero-order valence-electron chi connectivity index (χ0n) is 13.0. The first kappa shape index (κ1) is 15.3. The van der Waals surface area contributed by atoms with Crippen LogP contribution in [-0.2, 0) is 0 Å². The Hall–Kier alpha value is -2.59. The summed E-state index contributed by atoms with van der Waals surface area (Å²) in [5, 5.41) is 4.72. The summed E-state index contributed by atoms with van der Waals surface area (Å²) in [6.45, 7) is 4.08. The molecule has 1 heterocycles. The van der Waals surface area contributed by atoms with E-state index in [4.69, 9.17) is 11.6 Å². The molecule has 4 nitrogen and oxygen atoms in total. The standard InChI is InChI=1S/C18H17ClN4/c1-13-7-3-5-9-15(13)22-21-11-17-18(19)20-12-23(17)16-10-6-4-8-14(16)2/h3-12,22H,1-2H3/b21-11+. The smallest absolute Gasteiger partial charge is 0.156 e. The minimum absolute atomic E-state index is 0.420. The van der Waals surface area contributed by atoms with Gasteiger partial charge in [-0.3, -0.25) is 9.99 Å². The van der Waals surface area contributed by atoms with Crippen molar-refractivity contribution < 1.29 is 0 Å². The number of halogens is 1. The fourth-order valence-corrected chi connectivity index (χ4v) is 2.52.